The van der Waals surface area contributed by atoms with Crippen LogP contribution in [0, 0.1) is 0 Å². The molecule has 2 heterocycles. The Balaban J connectivity index is 2.32. The molecule has 0 spiro atoms. The fourth-order valence-corrected chi connectivity index (χ4v) is 3.77. The van der Waals surface area contributed by atoms with Crippen molar-refractivity contribution in [1.29, 1.82) is 0 Å². The molecule has 7 nitrogen and oxygen atoms in total. The van der Waals surface area contributed by atoms with E-state index in [1.807, 2.05) is 19.1 Å². The first kappa shape index (κ1) is 21.1. The van der Waals surface area contributed by atoms with E-state index in [9.17, 15) is 14.7 Å². The van der Waals surface area contributed by atoms with Crippen molar-refractivity contribution in [2.24, 2.45) is 0 Å². The lowest BCUT2D eigenvalue weighted by molar-refractivity contribution is -0.158. The molecular formula is C21H23ClN2O5. The summed E-state index contributed by atoms with van der Waals surface area (Å²) in [6.45, 7) is 8.65. The second kappa shape index (κ2) is 7.31. The standard InChI is InChI=1S/C21H23ClN2O5/c1-6-12-7-8-14(24-11-13(22)10-23-24)9-15(12)16-17(25)20(2,3)29-21(4,5)18(16)28-19(26)27/h7-11H,6H2,1-5H3,(H,26,27). The molecule has 2 aromatic rings. The van der Waals surface area contributed by atoms with Crippen LogP contribution >= 0.6 is 11.6 Å². The Morgan fingerprint density at radius 1 is 1.28 bits per heavy atom. The van der Waals surface area contributed by atoms with Crippen molar-refractivity contribution < 1.29 is 24.2 Å². The number of nitrogens with zero attached hydrogens (tertiary/aromatic N) is 2. The maximum atomic E-state index is 13.3. The summed E-state index contributed by atoms with van der Waals surface area (Å²) in [4.78, 5) is 24.7. The summed E-state index contributed by atoms with van der Waals surface area (Å²) in [6.07, 6.45) is 2.29. The Bertz CT molecular complexity index is 1020. The average Bonchev–Trinajstić information content (AvgIpc) is 3.05. The van der Waals surface area contributed by atoms with Crippen LogP contribution in [-0.4, -0.2) is 38.0 Å². The Labute approximate surface area is 173 Å². The van der Waals surface area contributed by atoms with Crippen molar-refractivity contribution >= 4 is 29.1 Å². The Kier molecular flexibility index (Phi) is 5.32. The van der Waals surface area contributed by atoms with Gasteiger partial charge in [0, 0.05) is 6.20 Å². The predicted octanol–water partition coefficient (Wildman–Crippen LogP) is 4.65. The fourth-order valence-electron chi connectivity index (χ4n) is 3.63. The minimum absolute atomic E-state index is 0.0281. The van der Waals surface area contributed by atoms with E-state index in [0.717, 1.165) is 5.56 Å². The van der Waals surface area contributed by atoms with Gasteiger partial charge in [-0.1, -0.05) is 24.6 Å². The number of rotatable bonds is 4. The van der Waals surface area contributed by atoms with Gasteiger partial charge in [-0.05, 0) is 57.4 Å². The number of carboxylic acid groups (broad SMARTS) is 1. The fraction of sp³-hybridized carbons (Fsp3) is 0.381. The molecule has 0 amide bonds. The molecule has 0 saturated heterocycles. The van der Waals surface area contributed by atoms with Gasteiger partial charge in [-0.2, -0.15) is 5.10 Å². The summed E-state index contributed by atoms with van der Waals surface area (Å²) in [5.74, 6) is -0.377. The normalized spacial score (nSPS) is 18.1. The van der Waals surface area contributed by atoms with Crippen molar-refractivity contribution in [3.8, 4) is 5.69 Å². The van der Waals surface area contributed by atoms with E-state index in [1.165, 1.54) is 6.20 Å². The molecule has 0 radical (unpaired) electrons. The van der Waals surface area contributed by atoms with Crippen molar-refractivity contribution in [1.82, 2.24) is 9.78 Å². The van der Waals surface area contributed by atoms with Gasteiger partial charge in [0.15, 0.2) is 11.5 Å². The van der Waals surface area contributed by atoms with Crippen LogP contribution in [0.15, 0.2) is 36.4 Å². The van der Waals surface area contributed by atoms with Gasteiger partial charge in [-0.3, -0.25) is 4.79 Å². The molecule has 0 bridgehead atoms. The molecule has 1 N–H and O–H groups in total. The van der Waals surface area contributed by atoms with Crippen LogP contribution in [0.1, 0.15) is 45.7 Å². The third kappa shape index (κ3) is 3.93. The van der Waals surface area contributed by atoms with Gasteiger partial charge in [-0.25, -0.2) is 9.48 Å². The molecule has 8 heteroatoms. The second-order valence-corrected chi connectivity index (χ2v) is 8.26. The molecule has 0 fully saturated rings. The molecule has 1 aromatic carbocycles. The molecular weight excluding hydrogens is 396 g/mol. The monoisotopic (exact) mass is 418 g/mol. The molecule has 1 aliphatic heterocycles. The van der Waals surface area contributed by atoms with E-state index in [-0.39, 0.29) is 17.1 Å². The maximum absolute atomic E-state index is 13.3. The highest BCUT2D eigenvalue weighted by Gasteiger charge is 2.49. The summed E-state index contributed by atoms with van der Waals surface area (Å²) in [5, 5.41) is 14.0. The van der Waals surface area contributed by atoms with Crippen LogP contribution in [0.4, 0.5) is 4.79 Å². The van der Waals surface area contributed by atoms with E-state index in [1.54, 1.807) is 44.6 Å². The van der Waals surface area contributed by atoms with E-state index >= 15 is 0 Å². The molecule has 0 atom stereocenters. The summed E-state index contributed by atoms with van der Waals surface area (Å²) in [7, 11) is 0. The molecule has 1 aliphatic rings. The largest absolute Gasteiger partial charge is 0.511 e. The Hall–Kier alpha value is -2.64. The molecule has 154 valence electrons. The number of aromatic nitrogens is 2. The van der Waals surface area contributed by atoms with Crippen molar-refractivity contribution in [3.63, 3.8) is 0 Å². The van der Waals surface area contributed by atoms with Gasteiger partial charge in [-0.15, -0.1) is 0 Å². The lowest BCUT2D eigenvalue weighted by Crippen LogP contribution is -2.50. The van der Waals surface area contributed by atoms with E-state index in [2.05, 4.69) is 5.10 Å². The molecule has 3 rings (SSSR count). The van der Waals surface area contributed by atoms with Crippen LogP contribution < -0.4 is 0 Å². The summed E-state index contributed by atoms with van der Waals surface area (Å²) in [6, 6.07) is 5.54. The van der Waals surface area contributed by atoms with Crippen molar-refractivity contribution in [2.75, 3.05) is 0 Å². The minimum atomic E-state index is -1.50. The first-order valence-corrected chi connectivity index (χ1v) is 9.58. The number of Topliss-reactive ketones (excluding diaryl/α,β-unsaturated/α-hetero) is 1. The number of ketones is 1. The highest BCUT2D eigenvalue weighted by Crippen LogP contribution is 2.43. The first-order valence-electron chi connectivity index (χ1n) is 9.20. The third-order valence-electron chi connectivity index (χ3n) is 4.81. The number of hydrogen-bond acceptors (Lipinski definition) is 5. The molecule has 0 saturated carbocycles. The highest BCUT2D eigenvalue weighted by atomic mass is 35.5. The SMILES string of the molecule is CCc1ccc(-n2cc(Cl)cn2)cc1C1=C(OC(=O)O)C(C)(C)OC(C)(C)C1=O. The molecule has 0 unspecified atom stereocenters. The quantitative estimate of drug-likeness (QED) is 0.726. The number of carbonyl (C=O) groups excluding carboxylic acids is 1. The molecule has 0 aliphatic carbocycles. The zero-order valence-electron chi connectivity index (χ0n) is 16.9. The number of carbonyl (C=O) groups is 2. The number of benzene rings is 1. The van der Waals surface area contributed by atoms with E-state index < -0.39 is 17.4 Å². The van der Waals surface area contributed by atoms with Crippen LogP contribution in [0.3, 0.4) is 0 Å². The van der Waals surface area contributed by atoms with Gasteiger partial charge in [0.1, 0.15) is 11.2 Å². The number of hydrogen-bond donors (Lipinski definition) is 1. The third-order valence-corrected chi connectivity index (χ3v) is 5.00. The highest BCUT2D eigenvalue weighted by molar-refractivity contribution is 6.30. The smallest absolute Gasteiger partial charge is 0.449 e. The Morgan fingerprint density at radius 3 is 2.52 bits per heavy atom. The van der Waals surface area contributed by atoms with Gasteiger partial charge in [0.2, 0.25) is 0 Å². The van der Waals surface area contributed by atoms with Crippen LogP contribution in [0.5, 0.6) is 0 Å². The molecule has 1 aromatic heterocycles. The Morgan fingerprint density at radius 2 is 1.97 bits per heavy atom. The van der Waals surface area contributed by atoms with Gasteiger partial charge < -0.3 is 14.6 Å². The van der Waals surface area contributed by atoms with Gasteiger partial charge >= 0.3 is 6.16 Å². The number of aryl methyl sites for hydroxylation is 1. The summed E-state index contributed by atoms with van der Waals surface area (Å²) < 4.78 is 12.6. The lowest BCUT2D eigenvalue weighted by Gasteiger charge is -2.41. The topological polar surface area (TPSA) is 90.7 Å². The summed E-state index contributed by atoms with van der Waals surface area (Å²) in [5.41, 5.74) is 0.0610. The van der Waals surface area contributed by atoms with Crippen LogP contribution in [-0.2, 0) is 20.7 Å². The number of ether oxygens (including phenoxy) is 2. The van der Waals surface area contributed by atoms with E-state index in [0.29, 0.717) is 22.7 Å². The zero-order chi connectivity index (χ0) is 21.6. The van der Waals surface area contributed by atoms with Crippen molar-refractivity contribution in [3.05, 3.63) is 52.5 Å². The van der Waals surface area contributed by atoms with Crippen LogP contribution in [0.2, 0.25) is 5.02 Å². The van der Waals surface area contributed by atoms with Crippen molar-refractivity contribution in [2.45, 2.75) is 52.2 Å². The van der Waals surface area contributed by atoms with Gasteiger partial charge in [0.05, 0.1) is 22.5 Å². The second-order valence-electron chi connectivity index (χ2n) is 7.82. The number of halogens is 1. The summed E-state index contributed by atoms with van der Waals surface area (Å²) >= 11 is 5.99. The first-order chi connectivity index (χ1) is 13.5. The van der Waals surface area contributed by atoms with E-state index in [4.69, 9.17) is 21.1 Å². The average molecular weight is 419 g/mol. The molecule has 29 heavy (non-hydrogen) atoms. The van der Waals surface area contributed by atoms with Gasteiger partial charge in [0.25, 0.3) is 0 Å². The maximum Gasteiger partial charge on any atom is 0.511 e. The lowest BCUT2D eigenvalue weighted by atomic mass is 9.81. The van der Waals surface area contributed by atoms with Crippen LogP contribution in [0.25, 0.3) is 11.3 Å². The predicted molar refractivity (Wildman–Crippen MR) is 108 cm³/mol. The minimum Gasteiger partial charge on any atom is -0.449 e. The zero-order valence-corrected chi connectivity index (χ0v) is 17.7.